The molecule has 0 saturated carbocycles. The van der Waals surface area contributed by atoms with Gasteiger partial charge in [0.1, 0.15) is 5.75 Å². The Labute approximate surface area is 125 Å². The van der Waals surface area contributed by atoms with Gasteiger partial charge in [-0.15, -0.1) is 11.3 Å². The fraction of sp³-hybridized carbons (Fsp3) is 0.333. The van der Waals surface area contributed by atoms with Crippen LogP contribution in [0, 0.1) is 6.92 Å². The van der Waals surface area contributed by atoms with Crippen LogP contribution in [0.25, 0.3) is 0 Å². The number of ether oxygens (including phenoxy) is 1. The Hall–Kier alpha value is -0.840. The van der Waals surface area contributed by atoms with E-state index in [0.29, 0.717) is 0 Å². The standard InChI is InChI=1S/C15H16BrNOS/c1-9-3-5-19-15(9)13(17)8-11-7-12(16)6-10-2-4-18-14(10)11/h3,5-7,13H,2,4,8,17H2,1H3. The van der Waals surface area contributed by atoms with Crippen molar-refractivity contribution >= 4 is 27.3 Å². The first-order valence-electron chi connectivity index (χ1n) is 6.39. The van der Waals surface area contributed by atoms with E-state index < -0.39 is 0 Å². The molecular formula is C15H16BrNOS. The summed E-state index contributed by atoms with van der Waals surface area (Å²) < 4.78 is 6.87. The van der Waals surface area contributed by atoms with Gasteiger partial charge in [0.15, 0.2) is 0 Å². The van der Waals surface area contributed by atoms with Crippen LogP contribution in [0.15, 0.2) is 28.1 Å². The summed E-state index contributed by atoms with van der Waals surface area (Å²) in [5.74, 6) is 1.05. The minimum atomic E-state index is 0.0441. The minimum Gasteiger partial charge on any atom is -0.493 e. The molecular weight excluding hydrogens is 322 g/mol. The van der Waals surface area contributed by atoms with Crippen molar-refractivity contribution in [2.45, 2.75) is 25.8 Å². The highest BCUT2D eigenvalue weighted by atomic mass is 79.9. The minimum absolute atomic E-state index is 0.0441. The zero-order valence-electron chi connectivity index (χ0n) is 10.8. The average molecular weight is 338 g/mol. The zero-order chi connectivity index (χ0) is 13.4. The third-order valence-electron chi connectivity index (χ3n) is 3.50. The van der Waals surface area contributed by atoms with Gasteiger partial charge >= 0.3 is 0 Å². The quantitative estimate of drug-likeness (QED) is 0.918. The molecule has 2 heterocycles. The fourth-order valence-corrected chi connectivity index (χ4v) is 4.08. The van der Waals surface area contributed by atoms with Crippen molar-refractivity contribution in [1.29, 1.82) is 0 Å². The summed E-state index contributed by atoms with van der Waals surface area (Å²) in [5, 5.41) is 2.10. The normalized spacial score (nSPS) is 15.1. The number of hydrogen-bond acceptors (Lipinski definition) is 3. The van der Waals surface area contributed by atoms with Crippen LogP contribution < -0.4 is 10.5 Å². The Morgan fingerprint density at radius 1 is 1.47 bits per heavy atom. The molecule has 0 bridgehead atoms. The number of fused-ring (bicyclic) bond motifs is 1. The molecule has 0 fully saturated rings. The molecule has 19 heavy (non-hydrogen) atoms. The smallest absolute Gasteiger partial charge is 0.125 e. The van der Waals surface area contributed by atoms with Crippen molar-refractivity contribution in [3.8, 4) is 5.75 Å². The van der Waals surface area contributed by atoms with Gasteiger partial charge < -0.3 is 10.5 Å². The molecule has 2 N–H and O–H groups in total. The van der Waals surface area contributed by atoms with Gasteiger partial charge in [0.05, 0.1) is 6.61 Å². The van der Waals surface area contributed by atoms with Crippen LogP contribution in [-0.4, -0.2) is 6.61 Å². The van der Waals surface area contributed by atoms with E-state index in [1.165, 1.54) is 21.6 Å². The van der Waals surface area contributed by atoms with Gasteiger partial charge in [-0.05, 0) is 53.6 Å². The highest BCUT2D eigenvalue weighted by molar-refractivity contribution is 9.10. The van der Waals surface area contributed by atoms with E-state index in [1.54, 1.807) is 11.3 Å². The van der Waals surface area contributed by atoms with Gasteiger partial charge in [-0.2, -0.15) is 0 Å². The fourth-order valence-electron chi connectivity index (χ4n) is 2.59. The first-order valence-corrected chi connectivity index (χ1v) is 8.06. The summed E-state index contributed by atoms with van der Waals surface area (Å²) in [4.78, 5) is 1.27. The summed E-state index contributed by atoms with van der Waals surface area (Å²) in [7, 11) is 0. The third-order valence-corrected chi connectivity index (χ3v) is 5.11. The van der Waals surface area contributed by atoms with Crippen LogP contribution in [0.3, 0.4) is 0 Å². The van der Waals surface area contributed by atoms with Crippen LogP contribution in [-0.2, 0) is 12.8 Å². The van der Waals surface area contributed by atoms with Crippen molar-refractivity contribution in [3.63, 3.8) is 0 Å². The summed E-state index contributed by atoms with van der Waals surface area (Å²) in [6.45, 7) is 2.90. The molecule has 0 saturated heterocycles. The van der Waals surface area contributed by atoms with Gasteiger partial charge in [-0.3, -0.25) is 0 Å². The molecule has 0 radical (unpaired) electrons. The SMILES string of the molecule is Cc1ccsc1C(N)Cc1cc(Br)cc2c1OCC2. The molecule has 2 nitrogen and oxygen atoms in total. The van der Waals surface area contributed by atoms with E-state index in [4.69, 9.17) is 10.5 Å². The predicted molar refractivity (Wildman–Crippen MR) is 83.0 cm³/mol. The van der Waals surface area contributed by atoms with E-state index in [2.05, 4.69) is 46.4 Å². The second kappa shape index (κ2) is 5.27. The maximum Gasteiger partial charge on any atom is 0.125 e. The molecule has 0 aliphatic carbocycles. The second-order valence-corrected chi connectivity index (χ2v) is 6.79. The topological polar surface area (TPSA) is 35.2 Å². The van der Waals surface area contributed by atoms with E-state index in [1.807, 2.05) is 0 Å². The number of rotatable bonds is 3. The lowest BCUT2D eigenvalue weighted by atomic mass is 10.00. The van der Waals surface area contributed by atoms with E-state index in [-0.39, 0.29) is 6.04 Å². The summed E-state index contributed by atoms with van der Waals surface area (Å²) in [5.41, 5.74) is 10.1. The van der Waals surface area contributed by atoms with Crippen LogP contribution >= 0.6 is 27.3 Å². The van der Waals surface area contributed by atoms with Gasteiger partial charge in [-0.25, -0.2) is 0 Å². The Bertz CT molecular complexity index is 608. The predicted octanol–water partition coefficient (Wildman–Crippen LogP) is 4.00. The number of nitrogens with two attached hydrogens (primary N) is 1. The molecule has 3 rings (SSSR count). The Morgan fingerprint density at radius 2 is 2.32 bits per heavy atom. The van der Waals surface area contributed by atoms with Crippen molar-refractivity contribution < 1.29 is 4.74 Å². The molecule has 1 aromatic heterocycles. The summed E-state index contributed by atoms with van der Waals surface area (Å²) in [6.07, 6.45) is 1.82. The highest BCUT2D eigenvalue weighted by Crippen LogP contribution is 2.36. The van der Waals surface area contributed by atoms with Crippen molar-refractivity contribution in [3.05, 3.63) is 49.6 Å². The number of thiophene rings is 1. The van der Waals surface area contributed by atoms with Crippen LogP contribution in [0.5, 0.6) is 5.75 Å². The molecule has 0 spiro atoms. The molecule has 1 aliphatic rings. The lowest BCUT2D eigenvalue weighted by Crippen LogP contribution is -2.13. The molecule has 100 valence electrons. The van der Waals surface area contributed by atoms with Crippen LogP contribution in [0.4, 0.5) is 0 Å². The first kappa shape index (κ1) is 13.2. The summed E-state index contributed by atoms with van der Waals surface area (Å²) in [6, 6.07) is 6.45. The Kier molecular flexibility index (Phi) is 3.65. The maximum absolute atomic E-state index is 6.36. The van der Waals surface area contributed by atoms with E-state index >= 15 is 0 Å². The Balaban J connectivity index is 1.90. The van der Waals surface area contributed by atoms with Gasteiger partial charge in [-0.1, -0.05) is 15.9 Å². The van der Waals surface area contributed by atoms with Gasteiger partial charge in [0, 0.05) is 21.8 Å². The maximum atomic E-state index is 6.36. The Morgan fingerprint density at radius 3 is 3.05 bits per heavy atom. The molecule has 1 unspecified atom stereocenters. The highest BCUT2D eigenvalue weighted by Gasteiger charge is 2.20. The van der Waals surface area contributed by atoms with Crippen molar-refractivity contribution in [2.75, 3.05) is 6.61 Å². The van der Waals surface area contributed by atoms with Gasteiger partial charge in [0.25, 0.3) is 0 Å². The lowest BCUT2D eigenvalue weighted by Gasteiger charge is -2.14. The molecule has 4 heteroatoms. The van der Waals surface area contributed by atoms with E-state index in [0.717, 1.165) is 29.7 Å². The number of aryl methyl sites for hydroxylation is 1. The molecule has 0 amide bonds. The summed E-state index contributed by atoms with van der Waals surface area (Å²) >= 11 is 5.31. The average Bonchev–Trinajstić information content (AvgIpc) is 2.97. The molecule has 2 aromatic rings. The monoisotopic (exact) mass is 337 g/mol. The number of hydrogen-bond donors (Lipinski definition) is 1. The zero-order valence-corrected chi connectivity index (χ0v) is 13.2. The molecule has 1 aliphatic heterocycles. The molecule has 1 aromatic carbocycles. The van der Waals surface area contributed by atoms with Crippen LogP contribution in [0.2, 0.25) is 0 Å². The van der Waals surface area contributed by atoms with Crippen LogP contribution in [0.1, 0.15) is 27.6 Å². The first-order chi connectivity index (χ1) is 9.15. The second-order valence-electron chi connectivity index (χ2n) is 4.93. The third kappa shape index (κ3) is 2.57. The molecule has 1 atom stereocenters. The lowest BCUT2D eigenvalue weighted by molar-refractivity contribution is 0.352. The van der Waals surface area contributed by atoms with Crippen molar-refractivity contribution in [2.24, 2.45) is 5.73 Å². The number of halogens is 1. The van der Waals surface area contributed by atoms with E-state index in [9.17, 15) is 0 Å². The number of benzene rings is 1. The van der Waals surface area contributed by atoms with Gasteiger partial charge in [0.2, 0.25) is 0 Å². The van der Waals surface area contributed by atoms with Crippen molar-refractivity contribution in [1.82, 2.24) is 0 Å². The largest absolute Gasteiger partial charge is 0.493 e.